The molecule has 1 N–H and O–H groups in total. The summed E-state index contributed by atoms with van der Waals surface area (Å²) >= 11 is 0. The first-order chi connectivity index (χ1) is 11.6. The quantitative estimate of drug-likeness (QED) is 0.847. The maximum atomic E-state index is 13.0. The molecule has 0 bridgehead atoms. The van der Waals surface area contributed by atoms with Crippen LogP contribution in [-0.2, 0) is 9.53 Å². The van der Waals surface area contributed by atoms with E-state index >= 15 is 0 Å². The predicted octanol–water partition coefficient (Wildman–Crippen LogP) is 0.152. The van der Waals surface area contributed by atoms with E-state index in [4.69, 9.17) is 4.74 Å². The Hall–Kier alpha value is -1.96. The van der Waals surface area contributed by atoms with Gasteiger partial charge in [-0.25, -0.2) is 4.98 Å². The topological polar surface area (TPSA) is 91.4 Å². The van der Waals surface area contributed by atoms with Gasteiger partial charge in [-0.15, -0.1) is 0 Å². The van der Waals surface area contributed by atoms with Crippen molar-refractivity contribution >= 4 is 11.8 Å². The van der Waals surface area contributed by atoms with Crippen molar-refractivity contribution in [2.24, 2.45) is 17.3 Å². The second-order valence-electron chi connectivity index (χ2n) is 7.25. The number of rotatable bonds is 4. The molecule has 1 aromatic rings. The second kappa shape index (κ2) is 5.84. The van der Waals surface area contributed by atoms with Crippen molar-refractivity contribution in [1.82, 2.24) is 25.0 Å². The van der Waals surface area contributed by atoms with Gasteiger partial charge in [0, 0.05) is 39.2 Å². The van der Waals surface area contributed by atoms with Crippen LogP contribution in [0, 0.1) is 17.3 Å². The van der Waals surface area contributed by atoms with Crippen molar-refractivity contribution < 1.29 is 14.3 Å². The van der Waals surface area contributed by atoms with Gasteiger partial charge in [0.05, 0.1) is 12.0 Å². The number of ether oxygens (including phenoxy) is 1. The number of hydrogen-bond acceptors (Lipinski definition) is 5. The molecule has 0 unspecified atom stereocenters. The first-order valence-electron chi connectivity index (χ1n) is 8.57. The lowest BCUT2D eigenvalue weighted by atomic mass is 9.93. The van der Waals surface area contributed by atoms with Gasteiger partial charge in [-0.05, 0) is 25.2 Å². The average molecular weight is 333 g/mol. The van der Waals surface area contributed by atoms with E-state index in [2.05, 4.69) is 15.2 Å². The molecule has 2 saturated heterocycles. The minimum Gasteiger partial charge on any atom is -0.384 e. The van der Waals surface area contributed by atoms with Crippen LogP contribution in [0.4, 0.5) is 0 Å². The van der Waals surface area contributed by atoms with Gasteiger partial charge in [-0.2, -0.15) is 5.10 Å². The second-order valence-corrected chi connectivity index (χ2v) is 7.25. The van der Waals surface area contributed by atoms with E-state index in [0.717, 1.165) is 39.0 Å². The van der Waals surface area contributed by atoms with E-state index < -0.39 is 0 Å². The summed E-state index contributed by atoms with van der Waals surface area (Å²) in [7, 11) is 1.71. The van der Waals surface area contributed by atoms with Gasteiger partial charge < -0.3 is 14.5 Å². The van der Waals surface area contributed by atoms with Crippen LogP contribution in [-0.4, -0.2) is 76.7 Å². The number of methoxy groups -OCH3 is 1. The van der Waals surface area contributed by atoms with Gasteiger partial charge in [0.15, 0.2) is 0 Å². The predicted molar refractivity (Wildman–Crippen MR) is 84.0 cm³/mol. The van der Waals surface area contributed by atoms with Crippen LogP contribution in [0.3, 0.4) is 0 Å². The molecule has 1 saturated carbocycles. The molecule has 2 aliphatic heterocycles. The first kappa shape index (κ1) is 15.6. The fourth-order valence-electron chi connectivity index (χ4n) is 4.33. The van der Waals surface area contributed by atoms with Crippen LogP contribution in [0.5, 0.6) is 0 Å². The van der Waals surface area contributed by atoms with Gasteiger partial charge >= 0.3 is 0 Å². The lowest BCUT2D eigenvalue weighted by Gasteiger charge is -2.32. The monoisotopic (exact) mass is 333 g/mol. The third kappa shape index (κ3) is 2.49. The number of fused-ring (bicyclic) bond motifs is 1. The number of carbonyl (C=O) groups excluding carboxylic acids is 2. The molecule has 8 nitrogen and oxygen atoms in total. The van der Waals surface area contributed by atoms with Gasteiger partial charge in [0.1, 0.15) is 6.33 Å². The SMILES string of the molecule is COC[C@H]1CCN(C(=O)[C@@]23CCN(C(=O)c4ncn[nH]4)C[C@@H]2C3)C1. The van der Waals surface area contributed by atoms with Crippen molar-refractivity contribution in [3.8, 4) is 0 Å². The molecule has 1 aromatic heterocycles. The van der Waals surface area contributed by atoms with Crippen molar-refractivity contribution in [2.45, 2.75) is 19.3 Å². The number of H-pyrrole nitrogens is 1. The molecule has 1 aliphatic carbocycles. The molecular weight excluding hydrogens is 310 g/mol. The Kier molecular flexibility index (Phi) is 3.79. The molecule has 3 heterocycles. The Balaban J connectivity index is 1.36. The van der Waals surface area contributed by atoms with E-state index in [0.29, 0.717) is 19.0 Å². The zero-order valence-electron chi connectivity index (χ0n) is 13.9. The van der Waals surface area contributed by atoms with Crippen molar-refractivity contribution in [3.05, 3.63) is 12.2 Å². The van der Waals surface area contributed by atoms with Crippen LogP contribution < -0.4 is 0 Å². The summed E-state index contributed by atoms with van der Waals surface area (Å²) in [6.07, 6.45) is 4.02. The number of amides is 2. The molecule has 130 valence electrons. The number of nitrogens with zero attached hydrogens (tertiary/aromatic N) is 4. The molecule has 3 atom stereocenters. The van der Waals surface area contributed by atoms with Crippen molar-refractivity contribution in [1.29, 1.82) is 0 Å². The van der Waals surface area contributed by atoms with Gasteiger partial charge in [-0.3, -0.25) is 14.7 Å². The number of nitrogens with one attached hydrogen (secondary N) is 1. The molecule has 3 fully saturated rings. The maximum Gasteiger partial charge on any atom is 0.291 e. The Bertz CT molecular complexity index is 634. The number of piperidine rings is 1. The van der Waals surface area contributed by atoms with E-state index in [1.807, 2.05) is 4.90 Å². The number of hydrogen-bond donors (Lipinski definition) is 1. The molecule has 8 heteroatoms. The molecule has 24 heavy (non-hydrogen) atoms. The molecule has 2 amide bonds. The van der Waals surface area contributed by atoms with Gasteiger partial charge in [0.25, 0.3) is 5.91 Å². The van der Waals surface area contributed by atoms with Crippen LogP contribution in [0.25, 0.3) is 0 Å². The van der Waals surface area contributed by atoms with E-state index in [9.17, 15) is 9.59 Å². The average Bonchev–Trinajstić information content (AvgIpc) is 2.95. The summed E-state index contributed by atoms with van der Waals surface area (Å²) in [4.78, 5) is 33.1. The molecule has 0 aromatic carbocycles. The Morgan fingerprint density at radius 3 is 2.96 bits per heavy atom. The molecule has 4 rings (SSSR count). The van der Waals surface area contributed by atoms with E-state index in [1.54, 1.807) is 12.0 Å². The Morgan fingerprint density at radius 1 is 1.38 bits per heavy atom. The highest BCUT2D eigenvalue weighted by molar-refractivity contribution is 5.91. The van der Waals surface area contributed by atoms with Crippen LogP contribution in [0.15, 0.2) is 6.33 Å². The third-order valence-corrected chi connectivity index (χ3v) is 5.81. The zero-order valence-corrected chi connectivity index (χ0v) is 13.9. The zero-order chi connectivity index (χ0) is 16.7. The van der Waals surface area contributed by atoms with Crippen molar-refractivity contribution in [3.63, 3.8) is 0 Å². The summed E-state index contributed by atoms with van der Waals surface area (Å²) in [5, 5.41) is 6.35. The van der Waals surface area contributed by atoms with Gasteiger partial charge in [0.2, 0.25) is 11.7 Å². The fourth-order valence-corrected chi connectivity index (χ4v) is 4.33. The highest BCUT2D eigenvalue weighted by atomic mass is 16.5. The summed E-state index contributed by atoms with van der Waals surface area (Å²) in [5.74, 6) is 1.18. The first-order valence-corrected chi connectivity index (χ1v) is 8.57. The molecular formula is C16H23N5O3. The maximum absolute atomic E-state index is 13.0. The smallest absolute Gasteiger partial charge is 0.291 e. The summed E-state index contributed by atoms with van der Waals surface area (Å²) in [5.41, 5.74) is -0.222. The van der Waals surface area contributed by atoms with E-state index in [-0.39, 0.29) is 29.0 Å². The molecule has 0 radical (unpaired) electrons. The highest BCUT2D eigenvalue weighted by Crippen LogP contribution is 2.59. The third-order valence-electron chi connectivity index (χ3n) is 5.81. The van der Waals surface area contributed by atoms with Crippen LogP contribution >= 0.6 is 0 Å². The largest absolute Gasteiger partial charge is 0.384 e. The lowest BCUT2D eigenvalue weighted by Crippen LogP contribution is -2.45. The standard InChI is InChI=1S/C16H23N5O3/c1-24-9-11-2-4-21(7-11)15(23)16-3-5-20(8-12(16)6-16)14(22)13-17-10-18-19-13/h10-12H,2-9H2,1H3,(H,17,18,19)/t11-,12-,16+/m0/s1. The molecule has 3 aliphatic rings. The summed E-state index contributed by atoms with van der Waals surface area (Å²) < 4.78 is 5.21. The lowest BCUT2D eigenvalue weighted by molar-refractivity contribution is -0.137. The normalized spacial score (nSPS) is 31.9. The van der Waals surface area contributed by atoms with Gasteiger partial charge in [-0.1, -0.05) is 0 Å². The minimum absolute atomic E-state index is 0.123. The van der Waals surface area contributed by atoms with Crippen molar-refractivity contribution in [2.75, 3.05) is 39.9 Å². The Labute approximate surface area is 140 Å². The van der Waals surface area contributed by atoms with E-state index in [1.165, 1.54) is 6.33 Å². The van der Waals surface area contributed by atoms with Crippen LogP contribution in [0.1, 0.15) is 29.9 Å². The number of likely N-dealkylation sites (tertiary alicyclic amines) is 2. The fraction of sp³-hybridized carbons (Fsp3) is 0.750. The minimum atomic E-state index is -0.222. The Morgan fingerprint density at radius 2 is 2.25 bits per heavy atom. The highest BCUT2D eigenvalue weighted by Gasteiger charge is 2.63. The summed E-state index contributed by atoms with van der Waals surface area (Å²) in [6, 6.07) is 0. The number of carbonyl (C=O) groups is 2. The summed E-state index contributed by atoms with van der Waals surface area (Å²) in [6.45, 7) is 3.61. The van der Waals surface area contributed by atoms with Crippen LogP contribution in [0.2, 0.25) is 0 Å². The number of aromatic nitrogens is 3. The molecule has 0 spiro atoms. The number of aromatic amines is 1.